The Balaban J connectivity index is 1.80. The Morgan fingerprint density at radius 1 is 1.29 bits per heavy atom. The molecular weight excluding hydrogens is 291 g/mol. The van der Waals surface area contributed by atoms with Crippen molar-refractivity contribution in [1.82, 2.24) is 5.32 Å². The van der Waals surface area contributed by atoms with E-state index in [0.717, 1.165) is 5.56 Å². The normalized spacial score (nSPS) is 10.2. The van der Waals surface area contributed by atoms with Crippen LogP contribution in [0.15, 0.2) is 35.7 Å². The minimum Gasteiger partial charge on any atom is -0.351 e. The second-order valence-electron chi connectivity index (χ2n) is 4.49. The van der Waals surface area contributed by atoms with Crippen molar-refractivity contribution in [2.24, 2.45) is 0 Å². The van der Waals surface area contributed by atoms with Crippen molar-refractivity contribution in [3.8, 4) is 0 Å². The van der Waals surface area contributed by atoms with E-state index < -0.39 is 5.82 Å². The molecule has 4 nitrogen and oxygen atoms in total. The van der Waals surface area contributed by atoms with Gasteiger partial charge in [0.25, 0.3) is 5.91 Å². The third-order valence-electron chi connectivity index (χ3n) is 2.86. The lowest BCUT2D eigenvalue weighted by Gasteiger charge is -2.09. The smallest absolute Gasteiger partial charge is 0.261 e. The summed E-state index contributed by atoms with van der Waals surface area (Å²) in [5.74, 6) is -0.864. The SMILES string of the molecule is Cc1ccc(F)cc1NC(=O)CCNC(=O)c1cccs1. The molecule has 2 aromatic rings. The van der Waals surface area contributed by atoms with Crippen molar-refractivity contribution in [3.05, 3.63) is 52.0 Å². The summed E-state index contributed by atoms with van der Waals surface area (Å²) in [6.07, 6.45) is 0.132. The first kappa shape index (κ1) is 15.2. The van der Waals surface area contributed by atoms with E-state index in [1.807, 2.05) is 5.38 Å². The molecule has 0 aliphatic heterocycles. The molecule has 0 unspecified atom stereocenters. The lowest BCUT2D eigenvalue weighted by atomic mass is 10.2. The van der Waals surface area contributed by atoms with Crippen LogP contribution < -0.4 is 10.6 Å². The Bertz CT molecular complexity index is 641. The van der Waals surface area contributed by atoms with Gasteiger partial charge in [0.15, 0.2) is 0 Å². The van der Waals surface area contributed by atoms with Gasteiger partial charge in [0.05, 0.1) is 4.88 Å². The number of thiophene rings is 1. The summed E-state index contributed by atoms with van der Waals surface area (Å²) < 4.78 is 13.1. The Morgan fingerprint density at radius 2 is 2.10 bits per heavy atom. The summed E-state index contributed by atoms with van der Waals surface area (Å²) >= 11 is 1.34. The van der Waals surface area contributed by atoms with Gasteiger partial charge >= 0.3 is 0 Å². The maximum absolute atomic E-state index is 13.1. The maximum atomic E-state index is 13.1. The van der Waals surface area contributed by atoms with Crippen LogP contribution in [0.4, 0.5) is 10.1 Å². The van der Waals surface area contributed by atoms with Crippen LogP contribution in [0.3, 0.4) is 0 Å². The zero-order valence-electron chi connectivity index (χ0n) is 11.5. The minimum atomic E-state index is -0.401. The molecule has 0 aliphatic rings. The van der Waals surface area contributed by atoms with Crippen molar-refractivity contribution in [2.75, 3.05) is 11.9 Å². The molecule has 1 heterocycles. The highest BCUT2D eigenvalue weighted by Gasteiger charge is 2.08. The van der Waals surface area contributed by atoms with Gasteiger partial charge in [0.1, 0.15) is 5.82 Å². The zero-order valence-corrected chi connectivity index (χ0v) is 12.3. The Hall–Kier alpha value is -2.21. The van der Waals surface area contributed by atoms with Gasteiger partial charge in [-0.1, -0.05) is 12.1 Å². The molecule has 1 aromatic carbocycles. The highest BCUT2D eigenvalue weighted by molar-refractivity contribution is 7.12. The average molecular weight is 306 g/mol. The molecule has 110 valence electrons. The Labute approximate surface area is 126 Å². The molecule has 1 aromatic heterocycles. The third kappa shape index (κ3) is 4.39. The van der Waals surface area contributed by atoms with Crippen LogP contribution in [0.5, 0.6) is 0 Å². The van der Waals surface area contributed by atoms with Gasteiger partial charge in [-0.3, -0.25) is 9.59 Å². The van der Waals surface area contributed by atoms with E-state index in [9.17, 15) is 14.0 Å². The molecule has 0 saturated carbocycles. The Morgan fingerprint density at radius 3 is 2.81 bits per heavy atom. The maximum Gasteiger partial charge on any atom is 0.261 e. The topological polar surface area (TPSA) is 58.2 Å². The highest BCUT2D eigenvalue weighted by atomic mass is 32.1. The first-order valence-corrected chi connectivity index (χ1v) is 7.32. The predicted octanol–water partition coefficient (Wildman–Crippen LogP) is 2.95. The summed E-state index contributed by atoms with van der Waals surface area (Å²) in [6.45, 7) is 2.02. The molecule has 0 radical (unpaired) electrons. The summed E-state index contributed by atoms with van der Waals surface area (Å²) in [6, 6.07) is 7.72. The number of anilines is 1. The van der Waals surface area contributed by atoms with Gasteiger partial charge in [0.2, 0.25) is 5.91 Å². The minimum absolute atomic E-state index is 0.132. The van der Waals surface area contributed by atoms with Crippen LogP contribution in [-0.2, 0) is 4.79 Å². The molecule has 0 spiro atoms. The van der Waals surface area contributed by atoms with Crippen molar-refractivity contribution >= 4 is 28.8 Å². The number of aryl methyl sites for hydroxylation is 1. The van der Waals surface area contributed by atoms with Gasteiger partial charge in [-0.15, -0.1) is 11.3 Å². The van der Waals surface area contributed by atoms with Gasteiger partial charge in [-0.05, 0) is 36.1 Å². The molecule has 2 amide bonds. The molecular formula is C15H15FN2O2S. The first-order valence-electron chi connectivity index (χ1n) is 6.44. The van der Waals surface area contributed by atoms with Crippen molar-refractivity contribution in [1.29, 1.82) is 0 Å². The fourth-order valence-electron chi connectivity index (χ4n) is 1.73. The molecule has 0 saturated heterocycles. The molecule has 2 rings (SSSR count). The number of rotatable bonds is 5. The number of hydrogen-bond acceptors (Lipinski definition) is 3. The number of amides is 2. The third-order valence-corrected chi connectivity index (χ3v) is 3.72. The lowest BCUT2D eigenvalue weighted by Crippen LogP contribution is -2.27. The summed E-state index contributed by atoms with van der Waals surface area (Å²) in [5.41, 5.74) is 1.23. The first-order chi connectivity index (χ1) is 10.1. The second kappa shape index (κ2) is 6.99. The van der Waals surface area contributed by atoms with E-state index in [4.69, 9.17) is 0 Å². The quantitative estimate of drug-likeness (QED) is 0.892. The molecule has 0 bridgehead atoms. The van der Waals surface area contributed by atoms with Crippen molar-refractivity contribution in [3.63, 3.8) is 0 Å². The molecule has 21 heavy (non-hydrogen) atoms. The van der Waals surface area contributed by atoms with Gasteiger partial charge in [-0.25, -0.2) is 4.39 Å². The number of carbonyl (C=O) groups is 2. The van der Waals surface area contributed by atoms with Gasteiger partial charge in [0, 0.05) is 18.7 Å². The molecule has 0 aliphatic carbocycles. The van der Waals surface area contributed by atoms with Crippen molar-refractivity contribution < 1.29 is 14.0 Å². The van der Waals surface area contributed by atoms with Crippen LogP contribution in [0, 0.1) is 12.7 Å². The van der Waals surface area contributed by atoms with Crippen LogP contribution in [0.1, 0.15) is 21.7 Å². The Kier molecular flexibility index (Phi) is 5.05. The summed E-state index contributed by atoms with van der Waals surface area (Å²) in [7, 11) is 0. The molecule has 2 N–H and O–H groups in total. The molecule has 0 atom stereocenters. The number of benzene rings is 1. The van der Waals surface area contributed by atoms with E-state index in [0.29, 0.717) is 10.6 Å². The van der Waals surface area contributed by atoms with E-state index in [1.165, 1.54) is 23.5 Å². The van der Waals surface area contributed by atoms with E-state index in [2.05, 4.69) is 10.6 Å². The van der Waals surface area contributed by atoms with E-state index >= 15 is 0 Å². The van der Waals surface area contributed by atoms with E-state index in [1.54, 1.807) is 25.1 Å². The predicted molar refractivity (Wildman–Crippen MR) is 81.0 cm³/mol. The number of nitrogens with one attached hydrogen (secondary N) is 2. The second-order valence-corrected chi connectivity index (χ2v) is 5.44. The monoisotopic (exact) mass is 306 g/mol. The number of carbonyl (C=O) groups excluding carboxylic acids is 2. The van der Waals surface area contributed by atoms with Crippen LogP contribution in [0.2, 0.25) is 0 Å². The summed E-state index contributed by atoms with van der Waals surface area (Å²) in [5, 5.41) is 7.11. The average Bonchev–Trinajstić information content (AvgIpc) is 2.97. The number of hydrogen-bond donors (Lipinski definition) is 2. The largest absolute Gasteiger partial charge is 0.351 e. The van der Waals surface area contributed by atoms with Crippen molar-refractivity contribution in [2.45, 2.75) is 13.3 Å². The standard InChI is InChI=1S/C15H15FN2O2S/c1-10-4-5-11(16)9-12(10)18-14(19)6-7-17-15(20)13-3-2-8-21-13/h2-5,8-9H,6-7H2,1H3,(H,17,20)(H,18,19). The fourth-order valence-corrected chi connectivity index (χ4v) is 2.37. The van der Waals surface area contributed by atoms with Gasteiger partial charge in [-0.2, -0.15) is 0 Å². The van der Waals surface area contributed by atoms with E-state index in [-0.39, 0.29) is 24.8 Å². The fraction of sp³-hybridized carbons (Fsp3) is 0.200. The van der Waals surface area contributed by atoms with Crippen LogP contribution in [-0.4, -0.2) is 18.4 Å². The highest BCUT2D eigenvalue weighted by Crippen LogP contribution is 2.16. The molecule has 6 heteroatoms. The van der Waals surface area contributed by atoms with Crippen LogP contribution in [0.25, 0.3) is 0 Å². The molecule has 0 fully saturated rings. The number of halogens is 1. The summed E-state index contributed by atoms with van der Waals surface area (Å²) in [4.78, 5) is 24.0. The van der Waals surface area contributed by atoms with Gasteiger partial charge < -0.3 is 10.6 Å². The van der Waals surface area contributed by atoms with Crippen LogP contribution >= 0.6 is 11.3 Å². The lowest BCUT2D eigenvalue weighted by molar-refractivity contribution is -0.116. The zero-order chi connectivity index (χ0) is 15.2.